The summed E-state index contributed by atoms with van der Waals surface area (Å²) in [6.45, 7) is 3.63. The Kier molecular flexibility index (Phi) is 7.56. The molecule has 0 fully saturated rings. The second-order valence-electron chi connectivity index (χ2n) is 7.33. The van der Waals surface area contributed by atoms with Crippen molar-refractivity contribution in [1.82, 2.24) is 15.2 Å². The molecule has 0 aliphatic heterocycles. The molecule has 3 rings (SSSR count). The molecule has 152 valence electrons. The molecule has 0 atom stereocenters. The van der Waals surface area contributed by atoms with Gasteiger partial charge in [0.2, 0.25) is 0 Å². The van der Waals surface area contributed by atoms with Crippen LogP contribution in [0.3, 0.4) is 0 Å². The van der Waals surface area contributed by atoms with Crippen LogP contribution in [0.15, 0.2) is 60.2 Å². The summed E-state index contributed by atoms with van der Waals surface area (Å²) in [7, 11) is 0. The van der Waals surface area contributed by atoms with Crippen LogP contribution in [-0.4, -0.2) is 34.8 Å². The Morgan fingerprint density at radius 3 is 2.55 bits per heavy atom. The highest BCUT2D eigenvalue weighted by molar-refractivity contribution is 5.96. The molecule has 1 aromatic carbocycles. The molecular weight excluding hydrogens is 362 g/mol. The summed E-state index contributed by atoms with van der Waals surface area (Å²) in [6, 6.07) is 14.9. The first-order valence-corrected chi connectivity index (χ1v) is 10.4. The fourth-order valence-electron chi connectivity index (χ4n) is 3.53. The number of amides is 2. The third kappa shape index (κ3) is 6.01. The molecule has 0 bridgehead atoms. The molecule has 2 aromatic rings. The van der Waals surface area contributed by atoms with Crippen molar-refractivity contribution >= 4 is 11.8 Å². The van der Waals surface area contributed by atoms with Crippen molar-refractivity contribution in [2.24, 2.45) is 0 Å². The number of nitrogens with zero attached hydrogens (tertiary/aromatic N) is 2. The Balaban J connectivity index is 1.60. The van der Waals surface area contributed by atoms with Crippen molar-refractivity contribution in [2.45, 2.75) is 45.6 Å². The van der Waals surface area contributed by atoms with Gasteiger partial charge in [-0.1, -0.05) is 48.0 Å². The Morgan fingerprint density at radius 2 is 1.83 bits per heavy atom. The van der Waals surface area contributed by atoms with Gasteiger partial charge in [0.15, 0.2) is 0 Å². The van der Waals surface area contributed by atoms with Gasteiger partial charge in [-0.05, 0) is 56.7 Å². The molecule has 1 aliphatic carbocycles. The minimum atomic E-state index is -0.234. The van der Waals surface area contributed by atoms with E-state index in [1.165, 1.54) is 18.4 Å². The van der Waals surface area contributed by atoms with E-state index in [0.29, 0.717) is 25.3 Å². The van der Waals surface area contributed by atoms with Crippen molar-refractivity contribution in [2.75, 3.05) is 13.1 Å². The minimum Gasteiger partial charge on any atom is -0.350 e. The first kappa shape index (κ1) is 20.8. The Morgan fingerprint density at radius 1 is 1.03 bits per heavy atom. The second-order valence-corrected chi connectivity index (χ2v) is 7.33. The number of carbonyl (C=O) groups is 2. The van der Waals surface area contributed by atoms with E-state index >= 15 is 0 Å². The summed E-state index contributed by atoms with van der Waals surface area (Å²) in [5, 5.41) is 2.93. The summed E-state index contributed by atoms with van der Waals surface area (Å²) >= 11 is 0. The fraction of sp³-hybridized carbons (Fsp3) is 0.375. The lowest BCUT2D eigenvalue weighted by Gasteiger charge is -2.20. The number of allylic oxidation sites excluding steroid dienone is 1. The van der Waals surface area contributed by atoms with Gasteiger partial charge in [0.05, 0.1) is 0 Å². The molecule has 5 heteroatoms. The van der Waals surface area contributed by atoms with E-state index in [0.717, 1.165) is 24.8 Å². The van der Waals surface area contributed by atoms with Gasteiger partial charge < -0.3 is 10.2 Å². The predicted molar refractivity (Wildman–Crippen MR) is 115 cm³/mol. The molecule has 0 saturated carbocycles. The van der Waals surface area contributed by atoms with E-state index in [1.807, 2.05) is 37.3 Å². The Bertz CT molecular complexity index is 861. The largest absolute Gasteiger partial charge is 0.350 e. The zero-order chi connectivity index (χ0) is 20.5. The number of rotatable bonds is 8. The topological polar surface area (TPSA) is 62.3 Å². The van der Waals surface area contributed by atoms with Crippen LogP contribution >= 0.6 is 0 Å². The molecule has 0 spiro atoms. The van der Waals surface area contributed by atoms with Gasteiger partial charge in [-0.25, -0.2) is 4.98 Å². The van der Waals surface area contributed by atoms with Crippen molar-refractivity contribution in [3.05, 3.63) is 77.1 Å². The van der Waals surface area contributed by atoms with E-state index in [9.17, 15) is 9.59 Å². The number of benzene rings is 1. The summed E-state index contributed by atoms with van der Waals surface area (Å²) in [6.07, 6.45) is 7.95. The van der Waals surface area contributed by atoms with Gasteiger partial charge in [-0.3, -0.25) is 9.59 Å². The van der Waals surface area contributed by atoms with Gasteiger partial charge in [-0.15, -0.1) is 0 Å². The molecule has 1 heterocycles. The molecule has 29 heavy (non-hydrogen) atoms. The zero-order valence-electron chi connectivity index (χ0n) is 17.1. The average Bonchev–Trinajstić information content (AvgIpc) is 2.78. The monoisotopic (exact) mass is 391 g/mol. The van der Waals surface area contributed by atoms with Crippen LogP contribution in [0.25, 0.3) is 0 Å². The summed E-state index contributed by atoms with van der Waals surface area (Å²) in [4.78, 5) is 31.4. The van der Waals surface area contributed by atoms with Crippen LogP contribution in [0, 0.1) is 0 Å². The Hall–Kier alpha value is -2.95. The number of carbonyl (C=O) groups excluding carboxylic acids is 2. The van der Waals surface area contributed by atoms with Gasteiger partial charge >= 0.3 is 0 Å². The second kappa shape index (κ2) is 10.6. The lowest BCUT2D eigenvalue weighted by atomic mass is 9.97. The van der Waals surface area contributed by atoms with E-state index in [2.05, 4.69) is 16.4 Å². The molecular formula is C24H29N3O2. The molecule has 5 nitrogen and oxygen atoms in total. The van der Waals surface area contributed by atoms with Crippen molar-refractivity contribution < 1.29 is 9.59 Å². The van der Waals surface area contributed by atoms with Crippen LogP contribution in [0.5, 0.6) is 0 Å². The summed E-state index contributed by atoms with van der Waals surface area (Å²) in [5.41, 5.74) is 3.07. The van der Waals surface area contributed by atoms with Gasteiger partial charge in [0.1, 0.15) is 11.4 Å². The minimum absolute atomic E-state index is 0.168. The van der Waals surface area contributed by atoms with Crippen LogP contribution < -0.4 is 5.32 Å². The van der Waals surface area contributed by atoms with Crippen molar-refractivity contribution in [1.29, 1.82) is 0 Å². The number of hydrogen-bond donors (Lipinski definition) is 1. The summed E-state index contributed by atoms with van der Waals surface area (Å²) in [5.74, 6) is -0.402. The molecule has 2 amide bonds. The SMILES string of the molecule is CCN(Cc1ccccc1)C(=O)c1cccc(C(=O)NCCC2=CCCCC2)n1. The van der Waals surface area contributed by atoms with E-state index in [-0.39, 0.29) is 17.5 Å². The predicted octanol–water partition coefficient (Wildman–Crippen LogP) is 4.36. The molecule has 0 unspecified atom stereocenters. The highest BCUT2D eigenvalue weighted by Gasteiger charge is 2.18. The van der Waals surface area contributed by atoms with Crippen LogP contribution in [-0.2, 0) is 6.54 Å². The van der Waals surface area contributed by atoms with Crippen LogP contribution in [0.2, 0.25) is 0 Å². The maximum atomic E-state index is 12.9. The normalized spacial score (nSPS) is 13.5. The van der Waals surface area contributed by atoms with Gasteiger partial charge in [-0.2, -0.15) is 0 Å². The lowest BCUT2D eigenvalue weighted by Crippen LogP contribution is -2.32. The molecule has 0 radical (unpaired) electrons. The van der Waals surface area contributed by atoms with Gasteiger partial charge in [0.25, 0.3) is 11.8 Å². The molecule has 1 aromatic heterocycles. The third-order valence-corrected chi connectivity index (χ3v) is 5.20. The van der Waals surface area contributed by atoms with Crippen LogP contribution in [0.4, 0.5) is 0 Å². The van der Waals surface area contributed by atoms with Crippen molar-refractivity contribution in [3.63, 3.8) is 0 Å². The average molecular weight is 392 g/mol. The first-order chi connectivity index (χ1) is 14.2. The third-order valence-electron chi connectivity index (χ3n) is 5.20. The van der Waals surface area contributed by atoms with Crippen LogP contribution in [0.1, 0.15) is 65.6 Å². The number of nitrogens with one attached hydrogen (secondary N) is 1. The van der Waals surface area contributed by atoms with Crippen molar-refractivity contribution in [3.8, 4) is 0 Å². The van der Waals surface area contributed by atoms with Gasteiger partial charge in [0, 0.05) is 19.6 Å². The number of hydrogen-bond acceptors (Lipinski definition) is 3. The number of aromatic nitrogens is 1. The Labute approximate surface area is 172 Å². The van der Waals surface area contributed by atoms with E-state index in [4.69, 9.17) is 0 Å². The standard InChI is InChI=1S/C24H29N3O2/c1-2-27(18-20-12-7-4-8-13-20)24(29)22-15-9-14-21(26-22)23(28)25-17-16-19-10-5-3-6-11-19/h4,7-10,12-15H,2-3,5-6,11,16-18H2,1H3,(H,25,28). The molecule has 1 aliphatic rings. The smallest absolute Gasteiger partial charge is 0.272 e. The fourth-order valence-corrected chi connectivity index (χ4v) is 3.53. The highest BCUT2D eigenvalue weighted by atomic mass is 16.2. The highest BCUT2D eigenvalue weighted by Crippen LogP contribution is 2.19. The molecule has 1 N–H and O–H groups in total. The number of pyridine rings is 1. The van der Waals surface area contributed by atoms with E-state index in [1.54, 1.807) is 23.1 Å². The quantitative estimate of drug-likeness (QED) is 0.680. The summed E-state index contributed by atoms with van der Waals surface area (Å²) < 4.78 is 0. The zero-order valence-corrected chi connectivity index (χ0v) is 17.1. The van der Waals surface area contributed by atoms with E-state index < -0.39 is 0 Å². The maximum absolute atomic E-state index is 12.9. The molecule has 0 saturated heterocycles. The maximum Gasteiger partial charge on any atom is 0.272 e. The lowest BCUT2D eigenvalue weighted by molar-refractivity contribution is 0.0746. The first-order valence-electron chi connectivity index (χ1n) is 10.4.